The summed E-state index contributed by atoms with van der Waals surface area (Å²) >= 11 is 2.63. The molecule has 8 nitrogen and oxygen atoms in total. The van der Waals surface area contributed by atoms with Crippen molar-refractivity contribution >= 4 is 50.8 Å². The van der Waals surface area contributed by atoms with Gasteiger partial charge in [0.1, 0.15) is 10.6 Å². The van der Waals surface area contributed by atoms with Gasteiger partial charge in [0.15, 0.2) is 5.16 Å². The lowest BCUT2D eigenvalue weighted by Gasteiger charge is -2.25. The number of thiophene rings is 1. The first-order valence-corrected chi connectivity index (χ1v) is 13.3. The molecule has 5 rings (SSSR count). The number of benzene rings is 1. The number of carbonyl (C=O) groups is 2. The van der Waals surface area contributed by atoms with Gasteiger partial charge in [-0.3, -0.25) is 19.0 Å². The van der Waals surface area contributed by atoms with Crippen LogP contribution in [-0.4, -0.2) is 51.3 Å². The van der Waals surface area contributed by atoms with Gasteiger partial charge in [-0.25, -0.2) is 9.37 Å². The Bertz CT molecular complexity index is 1330. The Labute approximate surface area is 209 Å². The highest BCUT2D eigenvalue weighted by molar-refractivity contribution is 7.99. The zero-order chi connectivity index (χ0) is 24.5. The Morgan fingerprint density at radius 3 is 2.83 bits per heavy atom. The molecular formula is C24H25FN4O4S2. The average molecular weight is 517 g/mol. The lowest BCUT2D eigenvalue weighted by molar-refractivity contribution is -0.129. The summed E-state index contributed by atoms with van der Waals surface area (Å²) < 4.78 is 20.5. The summed E-state index contributed by atoms with van der Waals surface area (Å²) in [4.78, 5) is 46.3. The summed E-state index contributed by atoms with van der Waals surface area (Å²) in [5.74, 6) is -0.593. The van der Waals surface area contributed by atoms with E-state index in [1.165, 1.54) is 47.4 Å². The third kappa shape index (κ3) is 5.12. The fourth-order valence-corrected chi connectivity index (χ4v) is 6.53. The SMILES string of the molecule is CC(=O)N1CCc2c(sc3nc(SCC(=O)Nc4ccc(F)cc4)n(CC4CCCO4)c(=O)c23)C1. The minimum Gasteiger partial charge on any atom is -0.376 e. The molecule has 0 saturated carbocycles. The van der Waals surface area contributed by atoms with Gasteiger partial charge >= 0.3 is 0 Å². The molecule has 35 heavy (non-hydrogen) atoms. The van der Waals surface area contributed by atoms with Gasteiger partial charge in [0, 0.05) is 30.6 Å². The Morgan fingerprint density at radius 2 is 2.11 bits per heavy atom. The quantitative estimate of drug-likeness (QED) is 0.399. The highest BCUT2D eigenvalue weighted by Gasteiger charge is 2.27. The second-order valence-corrected chi connectivity index (χ2v) is 10.7. The predicted octanol–water partition coefficient (Wildman–Crippen LogP) is 3.41. The van der Waals surface area contributed by atoms with Gasteiger partial charge in [0.25, 0.3) is 5.56 Å². The van der Waals surface area contributed by atoms with Crippen molar-refractivity contribution in [3.8, 4) is 0 Å². The van der Waals surface area contributed by atoms with Crippen molar-refractivity contribution in [3.63, 3.8) is 0 Å². The van der Waals surface area contributed by atoms with Crippen LogP contribution in [-0.2, 0) is 33.8 Å². The second kappa shape index (κ2) is 10.1. The topological polar surface area (TPSA) is 93.5 Å². The largest absolute Gasteiger partial charge is 0.376 e. The molecule has 3 aromatic rings. The lowest BCUT2D eigenvalue weighted by atomic mass is 10.1. The van der Waals surface area contributed by atoms with Crippen LogP contribution in [0.5, 0.6) is 0 Å². The number of amides is 2. The molecular weight excluding hydrogens is 491 g/mol. The number of anilines is 1. The van der Waals surface area contributed by atoms with Gasteiger partial charge in [0.05, 0.1) is 30.3 Å². The van der Waals surface area contributed by atoms with Crippen LogP contribution in [0.2, 0.25) is 0 Å². The number of hydrogen-bond donors (Lipinski definition) is 1. The molecule has 1 saturated heterocycles. The van der Waals surface area contributed by atoms with Crippen LogP contribution in [0, 0.1) is 5.82 Å². The van der Waals surface area contributed by atoms with Crippen LogP contribution >= 0.6 is 23.1 Å². The number of fused-ring (bicyclic) bond motifs is 3. The zero-order valence-corrected chi connectivity index (χ0v) is 20.8. The summed E-state index contributed by atoms with van der Waals surface area (Å²) in [7, 11) is 0. The van der Waals surface area contributed by atoms with E-state index in [0.29, 0.717) is 53.7 Å². The first kappa shape index (κ1) is 24.0. The van der Waals surface area contributed by atoms with E-state index in [1.54, 1.807) is 16.4 Å². The Balaban J connectivity index is 1.44. The molecule has 0 spiro atoms. The van der Waals surface area contributed by atoms with Gasteiger partial charge < -0.3 is 15.0 Å². The van der Waals surface area contributed by atoms with Crippen LogP contribution < -0.4 is 10.9 Å². The highest BCUT2D eigenvalue weighted by Crippen LogP contribution is 2.34. The zero-order valence-electron chi connectivity index (χ0n) is 19.2. The minimum atomic E-state index is -0.377. The summed E-state index contributed by atoms with van der Waals surface area (Å²) in [6, 6.07) is 5.55. The maximum absolute atomic E-state index is 13.7. The van der Waals surface area contributed by atoms with E-state index in [1.807, 2.05) is 0 Å². The number of nitrogens with zero attached hydrogens (tertiary/aromatic N) is 3. The fraction of sp³-hybridized carbons (Fsp3) is 0.417. The molecule has 0 aliphatic carbocycles. The first-order chi connectivity index (χ1) is 16.9. The van der Waals surface area contributed by atoms with E-state index < -0.39 is 0 Å². The number of thioether (sulfide) groups is 1. The van der Waals surface area contributed by atoms with E-state index in [9.17, 15) is 18.8 Å². The normalized spacial score (nSPS) is 17.5. The summed E-state index contributed by atoms with van der Waals surface area (Å²) in [6.07, 6.45) is 2.38. The van der Waals surface area contributed by atoms with Crippen LogP contribution in [0.15, 0.2) is 34.2 Å². The molecule has 1 fully saturated rings. The number of rotatable bonds is 6. The molecule has 0 bridgehead atoms. The number of hydrogen-bond acceptors (Lipinski definition) is 7. The second-order valence-electron chi connectivity index (χ2n) is 8.66. The third-order valence-electron chi connectivity index (χ3n) is 6.24. The number of ether oxygens (including phenoxy) is 1. The molecule has 2 aromatic heterocycles. The van der Waals surface area contributed by atoms with E-state index in [4.69, 9.17) is 9.72 Å². The number of carbonyl (C=O) groups excluding carboxylic acids is 2. The Hall–Kier alpha value is -2.76. The van der Waals surface area contributed by atoms with Crippen LogP contribution in [0.1, 0.15) is 30.2 Å². The van der Waals surface area contributed by atoms with Crippen molar-refractivity contribution in [1.29, 1.82) is 0 Å². The highest BCUT2D eigenvalue weighted by atomic mass is 32.2. The predicted molar refractivity (Wildman–Crippen MR) is 133 cm³/mol. The molecule has 11 heteroatoms. The van der Waals surface area contributed by atoms with Crippen molar-refractivity contribution < 1.29 is 18.7 Å². The number of nitrogens with one attached hydrogen (secondary N) is 1. The Morgan fingerprint density at radius 1 is 1.31 bits per heavy atom. The van der Waals surface area contributed by atoms with Gasteiger partial charge in [-0.15, -0.1) is 11.3 Å². The molecule has 1 atom stereocenters. The molecule has 0 radical (unpaired) electrons. The van der Waals surface area contributed by atoms with E-state index >= 15 is 0 Å². The van der Waals surface area contributed by atoms with Gasteiger partial charge in [-0.1, -0.05) is 11.8 Å². The lowest BCUT2D eigenvalue weighted by Crippen LogP contribution is -2.34. The Kier molecular flexibility index (Phi) is 6.90. The van der Waals surface area contributed by atoms with Crippen LogP contribution in [0.3, 0.4) is 0 Å². The summed E-state index contributed by atoms with van der Waals surface area (Å²) in [5, 5.41) is 3.82. The standard InChI is InChI=1S/C24H25FN4O4S2/c1-14(30)28-9-8-18-19(12-28)35-22-21(18)23(32)29(11-17-3-2-10-33-17)24(27-22)34-13-20(31)26-16-6-4-15(25)5-7-16/h4-7,17H,2-3,8-13H2,1H3,(H,26,31). The number of aromatic nitrogens is 2. The minimum absolute atomic E-state index is 0.0141. The fourth-order valence-electron chi connectivity index (χ4n) is 4.45. The monoisotopic (exact) mass is 516 g/mol. The number of halogens is 1. The van der Waals surface area contributed by atoms with Crippen molar-refractivity contribution in [1.82, 2.24) is 14.5 Å². The summed E-state index contributed by atoms with van der Waals surface area (Å²) in [6.45, 7) is 3.68. The molecule has 1 N–H and O–H groups in total. The van der Waals surface area contributed by atoms with E-state index in [2.05, 4.69) is 5.32 Å². The van der Waals surface area contributed by atoms with Crippen molar-refractivity contribution in [3.05, 3.63) is 50.9 Å². The molecule has 2 aliphatic heterocycles. The van der Waals surface area contributed by atoms with Gasteiger partial charge in [0.2, 0.25) is 11.8 Å². The van der Waals surface area contributed by atoms with Gasteiger partial charge in [-0.05, 0) is 49.1 Å². The van der Waals surface area contributed by atoms with E-state index in [0.717, 1.165) is 23.3 Å². The molecule has 1 aromatic carbocycles. The summed E-state index contributed by atoms with van der Waals surface area (Å²) in [5.41, 5.74) is 1.35. The maximum atomic E-state index is 13.7. The van der Waals surface area contributed by atoms with Crippen molar-refractivity contribution in [2.45, 2.75) is 50.5 Å². The molecule has 1 unspecified atom stereocenters. The smallest absolute Gasteiger partial charge is 0.263 e. The van der Waals surface area contributed by atoms with Crippen LogP contribution in [0.4, 0.5) is 10.1 Å². The van der Waals surface area contributed by atoms with Crippen molar-refractivity contribution in [2.24, 2.45) is 0 Å². The van der Waals surface area contributed by atoms with Crippen LogP contribution in [0.25, 0.3) is 10.2 Å². The van der Waals surface area contributed by atoms with E-state index in [-0.39, 0.29) is 35.0 Å². The molecule has 2 aliphatic rings. The third-order valence-corrected chi connectivity index (χ3v) is 8.33. The van der Waals surface area contributed by atoms with Gasteiger partial charge in [-0.2, -0.15) is 0 Å². The maximum Gasteiger partial charge on any atom is 0.263 e. The molecule has 184 valence electrons. The average Bonchev–Trinajstić information content (AvgIpc) is 3.48. The molecule has 2 amide bonds. The molecule has 4 heterocycles. The first-order valence-electron chi connectivity index (χ1n) is 11.5. The van der Waals surface area contributed by atoms with Crippen molar-refractivity contribution in [2.75, 3.05) is 24.2 Å².